The van der Waals surface area contributed by atoms with E-state index in [1.807, 2.05) is 27.1 Å². The van der Waals surface area contributed by atoms with Crippen molar-refractivity contribution in [3.63, 3.8) is 0 Å². The van der Waals surface area contributed by atoms with E-state index in [0.29, 0.717) is 11.7 Å². The average molecular weight is 221 g/mol. The van der Waals surface area contributed by atoms with Crippen LogP contribution in [0.5, 0.6) is 0 Å². The van der Waals surface area contributed by atoms with Crippen LogP contribution in [-0.4, -0.2) is 26.5 Å². The van der Waals surface area contributed by atoms with Crippen LogP contribution in [0.4, 0.5) is 0 Å². The van der Waals surface area contributed by atoms with Gasteiger partial charge in [-0.15, -0.1) is 0 Å². The lowest BCUT2D eigenvalue weighted by atomic mass is 10.3. The highest BCUT2D eigenvalue weighted by Crippen LogP contribution is 2.17. The fourth-order valence-corrected chi connectivity index (χ4v) is 1.46. The molecule has 2 aromatic heterocycles. The van der Waals surface area contributed by atoms with Crippen molar-refractivity contribution in [3.8, 4) is 11.4 Å². The zero-order chi connectivity index (χ0) is 11.5. The van der Waals surface area contributed by atoms with Gasteiger partial charge < -0.3 is 9.84 Å². The van der Waals surface area contributed by atoms with Gasteiger partial charge >= 0.3 is 0 Å². The summed E-state index contributed by atoms with van der Waals surface area (Å²) in [6.45, 7) is 4.89. The molecule has 1 atom stereocenters. The molecule has 86 valence electrons. The van der Waals surface area contributed by atoms with E-state index >= 15 is 0 Å². The van der Waals surface area contributed by atoms with Gasteiger partial charge in [-0.25, -0.2) is 0 Å². The van der Waals surface area contributed by atoms with Gasteiger partial charge in [0, 0.05) is 13.2 Å². The molecule has 0 fully saturated rings. The molecule has 0 radical (unpaired) electrons. The first kappa shape index (κ1) is 10.8. The van der Waals surface area contributed by atoms with E-state index in [-0.39, 0.29) is 6.04 Å². The third-order valence-corrected chi connectivity index (χ3v) is 2.29. The molecule has 0 saturated heterocycles. The molecule has 0 aromatic carbocycles. The summed E-state index contributed by atoms with van der Waals surface area (Å²) in [5, 5.41) is 11.2. The Hall–Kier alpha value is -1.69. The van der Waals surface area contributed by atoms with Crippen LogP contribution in [0.25, 0.3) is 11.4 Å². The number of rotatable bonds is 4. The number of hydrogen-bond acceptors (Lipinski definition) is 5. The van der Waals surface area contributed by atoms with E-state index in [0.717, 1.165) is 12.1 Å². The van der Waals surface area contributed by atoms with E-state index in [4.69, 9.17) is 4.52 Å². The molecule has 0 aliphatic rings. The Morgan fingerprint density at radius 2 is 2.38 bits per heavy atom. The predicted octanol–water partition coefficient (Wildman–Crippen LogP) is 1.14. The van der Waals surface area contributed by atoms with Crippen molar-refractivity contribution in [2.45, 2.75) is 19.9 Å². The summed E-state index contributed by atoms with van der Waals surface area (Å²) in [4.78, 5) is 4.32. The minimum absolute atomic E-state index is 0.0721. The van der Waals surface area contributed by atoms with Crippen molar-refractivity contribution in [1.82, 2.24) is 25.2 Å². The van der Waals surface area contributed by atoms with Gasteiger partial charge in [0.05, 0.1) is 17.8 Å². The van der Waals surface area contributed by atoms with Gasteiger partial charge in [-0.05, 0) is 13.5 Å². The van der Waals surface area contributed by atoms with E-state index in [1.165, 1.54) is 0 Å². The van der Waals surface area contributed by atoms with Gasteiger partial charge in [0.2, 0.25) is 11.7 Å². The van der Waals surface area contributed by atoms with Crippen LogP contribution in [0, 0.1) is 0 Å². The zero-order valence-electron chi connectivity index (χ0n) is 9.64. The first-order chi connectivity index (χ1) is 7.70. The van der Waals surface area contributed by atoms with Crippen molar-refractivity contribution in [2.24, 2.45) is 7.05 Å². The molecular formula is C10H15N5O. The molecule has 6 nitrogen and oxygen atoms in total. The van der Waals surface area contributed by atoms with Crippen molar-refractivity contribution in [1.29, 1.82) is 0 Å². The zero-order valence-corrected chi connectivity index (χ0v) is 9.64. The molecule has 0 aliphatic carbocycles. The lowest BCUT2D eigenvalue weighted by molar-refractivity contribution is 0.342. The Labute approximate surface area is 93.7 Å². The number of aromatic nitrogens is 4. The van der Waals surface area contributed by atoms with E-state index in [1.54, 1.807) is 10.9 Å². The van der Waals surface area contributed by atoms with Gasteiger partial charge in [-0.2, -0.15) is 10.1 Å². The molecule has 0 bridgehead atoms. The second-order valence-electron chi connectivity index (χ2n) is 3.64. The van der Waals surface area contributed by atoms with Crippen molar-refractivity contribution in [3.05, 3.63) is 18.3 Å². The molecule has 1 unspecified atom stereocenters. The summed E-state index contributed by atoms with van der Waals surface area (Å²) in [5.74, 6) is 1.17. The maximum atomic E-state index is 5.18. The Kier molecular flexibility index (Phi) is 3.00. The van der Waals surface area contributed by atoms with Crippen molar-refractivity contribution in [2.75, 3.05) is 6.54 Å². The summed E-state index contributed by atoms with van der Waals surface area (Å²) in [5.41, 5.74) is 0.862. The molecule has 0 aliphatic heterocycles. The molecule has 0 saturated carbocycles. The number of aryl methyl sites for hydroxylation is 1. The van der Waals surface area contributed by atoms with Crippen LogP contribution >= 0.6 is 0 Å². The average Bonchev–Trinajstić information content (AvgIpc) is 2.85. The van der Waals surface area contributed by atoms with E-state index in [2.05, 4.69) is 20.6 Å². The number of nitrogens with zero attached hydrogens (tertiary/aromatic N) is 4. The van der Waals surface area contributed by atoms with Crippen LogP contribution < -0.4 is 5.32 Å². The normalized spacial score (nSPS) is 12.9. The maximum absolute atomic E-state index is 5.18. The highest BCUT2D eigenvalue weighted by atomic mass is 16.5. The minimum atomic E-state index is 0.0721. The smallest absolute Gasteiger partial charge is 0.243 e. The molecular weight excluding hydrogens is 206 g/mol. The molecule has 2 heterocycles. The first-order valence-electron chi connectivity index (χ1n) is 5.26. The molecule has 0 spiro atoms. The third kappa shape index (κ3) is 2.11. The van der Waals surface area contributed by atoms with E-state index < -0.39 is 0 Å². The molecule has 1 N–H and O–H groups in total. The Morgan fingerprint density at radius 3 is 3.00 bits per heavy atom. The molecule has 2 rings (SSSR count). The van der Waals surface area contributed by atoms with Crippen LogP contribution in [0.15, 0.2) is 16.9 Å². The first-order valence-corrected chi connectivity index (χ1v) is 5.26. The third-order valence-electron chi connectivity index (χ3n) is 2.29. The van der Waals surface area contributed by atoms with Crippen molar-refractivity contribution >= 4 is 0 Å². The summed E-state index contributed by atoms with van der Waals surface area (Å²) >= 11 is 0. The number of hydrogen-bond donors (Lipinski definition) is 1. The van der Waals surface area contributed by atoms with Gasteiger partial charge in [0.15, 0.2) is 0 Å². The van der Waals surface area contributed by atoms with Crippen LogP contribution in [0.3, 0.4) is 0 Å². The SMILES string of the molecule is CCNC(C)c1nc(-c2cnn(C)c2)no1. The van der Waals surface area contributed by atoms with Crippen LogP contribution in [0.1, 0.15) is 25.8 Å². The van der Waals surface area contributed by atoms with Gasteiger partial charge in [0.25, 0.3) is 0 Å². The Morgan fingerprint density at radius 1 is 1.56 bits per heavy atom. The summed E-state index contributed by atoms with van der Waals surface area (Å²) in [6, 6.07) is 0.0721. The summed E-state index contributed by atoms with van der Waals surface area (Å²) < 4.78 is 6.89. The summed E-state index contributed by atoms with van der Waals surface area (Å²) in [7, 11) is 1.85. The largest absolute Gasteiger partial charge is 0.337 e. The fraction of sp³-hybridized carbons (Fsp3) is 0.500. The second-order valence-corrected chi connectivity index (χ2v) is 3.64. The van der Waals surface area contributed by atoms with Crippen LogP contribution in [0.2, 0.25) is 0 Å². The highest BCUT2D eigenvalue weighted by Gasteiger charge is 2.14. The molecule has 6 heteroatoms. The summed E-state index contributed by atoms with van der Waals surface area (Å²) in [6.07, 6.45) is 3.57. The van der Waals surface area contributed by atoms with Crippen molar-refractivity contribution < 1.29 is 4.52 Å². The lowest BCUT2D eigenvalue weighted by Crippen LogP contribution is -2.17. The number of nitrogens with one attached hydrogen (secondary N) is 1. The van der Waals surface area contributed by atoms with Gasteiger partial charge in [-0.1, -0.05) is 12.1 Å². The van der Waals surface area contributed by atoms with Crippen LogP contribution in [-0.2, 0) is 7.05 Å². The topological polar surface area (TPSA) is 68.8 Å². The quantitative estimate of drug-likeness (QED) is 0.838. The molecule has 2 aromatic rings. The standard InChI is InChI=1S/C10H15N5O/c1-4-11-7(2)10-13-9(14-16-10)8-5-12-15(3)6-8/h5-7,11H,4H2,1-3H3. The fourth-order valence-electron chi connectivity index (χ4n) is 1.46. The van der Waals surface area contributed by atoms with Gasteiger partial charge in [-0.3, -0.25) is 4.68 Å². The Balaban J connectivity index is 2.19. The Bertz CT molecular complexity index is 461. The minimum Gasteiger partial charge on any atom is -0.337 e. The van der Waals surface area contributed by atoms with E-state index in [9.17, 15) is 0 Å². The second kappa shape index (κ2) is 4.44. The van der Waals surface area contributed by atoms with Gasteiger partial charge in [0.1, 0.15) is 0 Å². The highest BCUT2D eigenvalue weighted by molar-refractivity contribution is 5.50. The predicted molar refractivity (Wildman–Crippen MR) is 58.6 cm³/mol. The lowest BCUT2D eigenvalue weighted by Gasteiger charge is -2.04. The molecule has 16 heavy (non-hydrogen) atoms. The molecule has 0 amide bonds. The maximum Gasteiger partial charge on any atom is 0.243 e. The monoisotopic (exact) mass is 221 g/mol.